The maximum absolute atomic E-state index is 12.8. The molecule has 1 heterocycles. The van der Waals surface area contributed by atoms with Crippen molar-refractivity contribution in [2.24, 2.45) is 0 Å². The molecule has 2 aromatic rings. The van der Waals surface area contributed by atoms with E-state index in [2.05, 4.69) is 5.32 Å². The lowest BCUT2D eigenvalue weighted by Crippen LogP contribution is -2.30. The Labute approximate surface area is 119 Å². The van der Waals surface area contributed by atoms with E-state index in [1.165, 1.54) is 35.6 Å². The van der Waals surface area contributed by atoms with E-state index in [9.17, 15) is 9.18 Å². The zero-order valence-electron chi connectivity index (χ0n) is 10.6. The number of ether oxygens (including phenoxy) is 1. The first kappa shape index (κ1) is 14.0. The number of nitriles is 1. The molecule has 6 heteroatoms. The number of amides is 1. The minimum atomic E-state index is -0.755. The molecule has 1 aromatic carbocycles. The van der Waals surface area contributed by atoms with Crippen LogP contribution in [0, 0.1) is 17.1 Å². The molecule has 0 aliphatic heterocycles. The number of thiophene rings is 1. The minimum Gasteiger partial charge on any atom is -0.481 e. The number of nitrogens with one attached hydrogen (secondary N) is 1. The summed E-state index contributed by atoms with van der Waals surface area (Å²) in [6, 6.07) is 9.03. The Kier molecular flexibility index (Phi) is 4.33. The Morgan fingerprint density at radius 1 is 1.40 bits per heavy atom. The van der Waals surface area contributed by atoms with Crippen molar-refractivity contribution in [2.75, 3.05) is 5.32 Å². The number of rotatable bonds is 4. The first-order valence-electron chi connectivity index (χ1n) is 5.81. The summed E-state index contributed by atoms with van der Waals surface area (Å²) in [6.07, 6.45) is -0.755. The Hall–Kier alpha value is -2.39. The molecule has 1 aromatic heterocycles. The fourth-order valence-corrected chi connectivity index (χ4v) is 2.22. The van der Waals surface area contributed by atoms with E-state index in [0.29, 0.717) is 16.3 Å². The van der Waals surface area contributed by atoms with Crippen molar-refractivity contribution in [1.82, 2.24) is 0 Å². The first-order chi connectivity index (χ1) is 9.60. The summed E-state index contributed by atoms with van der Waals surface area (Å²) in [5.41, 5.74) is 0.414. The standard InChI is InChI=1S/C14H11FN2O2S/c1-9(19-12-4-2-11(15)3-5-12)13(18)17-14-10(8-16)6-7-20-14/h2-7,9H,1H3,(H,17,18)/t9-/m1/s1. The summed E-state index contributed by atoms with van der Waals surface area (Å²) in [5.74, 6) is -0.333. The van der Waals surface area contributed by atoms with Gasteiger partial charge in [0.05, 0.1) is 5.56 Å². The second-order valence-corrected chi connectivity index (χ2v) is 4.89. The lowest BCUT2D eigenvalue weighted by molar-refractivity contribution is -0.122. The normalized spacial score (nSPS) is 11.4. The van der Waals surface area contributed by atoms with Gasteiger partial charge in [0.2, 0.25) is 0 Å². The minimum absolute atomic E-state index is 0.367. The molecule has 0 fully saturated rings. The van der Waals surface area contributed by atoms with E-state index >= 15 is 0 Å². The van der Waals surface area contributed by atoms with Crippen LogP contribution in [-0.2, 0) is 4.79 Å². The number of halogens is 1. The number of carbonyl (C=O) groups is 1. The Balaban J connectivity index is 1.99. The molecule has 1 atom stereocenters. The van der Waals surface area contributed by atoms with Gasteiger partial charge in [-0.25, -0.2) is 4.39 Å². The highest BCUT2D eigenvalue weighted by Gasteiger charge is 2.17. The third-order valence-electron chi connectivity index (χ3n) is 2.52. The van der Waals surface area contributed by atoms with Crippen LogP contribution in [0.15, 0.2) is 35.7 Å². The van der Waals surface area contributed by atoms with Crippen LogP contribution < -0.4 is 10.1 Å². The lowest BCUT2D eigenvalue weighted by atomic mass is 10.3. The number of benzene rings is 1. The summed E-state index contributed by atoms with van der Waals surface area (Å²) in [6.45, 7) is 1.58. The predicted octanol–water partition coefficient (Wildman–Crippen LogP) is 3.16. The smallest absolute Gasteiger partial charge is 0.265 e. The van der Waals surface area contributed by atoms with E-state index < -0.39 is 6.10 Å². The fraction of sp³-hybridized carbons (Fsp3) is 0.143. The Morgan fingerprint density at radius 3 is 2.75 bits per heavy atom. The van der Waals surface area contributed by atoms with Gasteiger partial charge >= 0.3 is 0 Å². The molecule has 0 unspecified atom stereocenters. The quantitative estimate of drug-likeness (QED) is 0.940. The van der Waals surface area contributed by atoms with Crippen LogP contribution >= 0.6 is 11.3 Å². The number of anilines is 1. The molecule has 102 valence electrons. The molecule has 1 N–H and O–H groups in total. The van der Waals surface area contributed by atoms with E-state index in [1.54, 1.807) is 18.4 Å². The summed E-state index contributed by atoms with van der Waals surface area (Å²) < 4.78 is 18.2. The zero-order chi connectivity index (χ0) is 14.5. The largest absolute Gasteiger partial charge is 0.481 e. The average Bonchev–Trinajstić information content (AvgIpc) is 2.88. The third-order valence-corrected chi connectivity index (χ3v) is 3.35. The van der Waals surface area contributed by atoms with Crippen molar-refractivity contribution < 1.29 is 13.9 Å². The average molecular weight is 290 g/mol. The van der Waals surface area contributed by atoms with Crippen LogP contribution in [0.2, 0.25) is 0 Å². The van der Waals surface area contributed by atoms with Crippen LogP contribution in [0.25, 0.3) is 0 Å². The monoisotopic (exact) mass is 290 g/mol. The van der Waals surface area contributed by atoms with E-state index in [1.807, 2.05) is 6.07 Å². The van der Waals surface area contributed by atoms with Gasteiger partial charge in [0, 0.05) is 0 Å². The van der Waals surface area contributed by atoms with Crippen molar-refractivity contribution in [2.45, 2.75) is 13.0 Å². The van der Waals surface area contributed by atoms with Crippen LogP contribution in [0.5, 0.6) is 5.75 Å². The molecule has 0 saturated heterocycles. The van der Waals surface area contributed by atoms with Gasteiger partial charge < -0.3 is 10.1 Å². The van der Waals surface area contributed by atoms with Gasteiger partial charge in [-0.3, -0.25) is 4.79 Å². The molecular formula is C14H11FN2O2S. The molecule has 4 nitrogen and oxygen atoms in total. The van der Waals surface area contributed by atoms with Gasteiger partial charge in [-0.15, -0.1) is 11.3 Å². The van der Waals surface area contributed by atoms with Gasteiger partial charge in [0.15, 0.2) is 6.10 Å². The predicted molar refractivity (Wildman–Crippen MR) is 74.2 cm³/mol. The highest BCUT2D eigenvalue weighted by molar-refractivity contribution is 7.14. The molecule has 0 aliphatic carbocycles. The van der Waals surface area contributed by atoms with Crippen LogP contribution in [0.3, 0.4) is 0 Å². The topological polar surface area (TPSA) is 62.1 Å². The number of carbonyl (C=O) groups excluding carboxylic acids is 1. The molecule has 20 heavy (non-hydrogen) atoms. The van der Waals surface area contributed by atoms with Crippen molar-refractivity contribution in [3.8, 4) is 11.8 Å². The molecule has 0 radical (unpaired) electrons. The van der Waals surface area contributed by atoms with E-state index in [4.69, 9.17) is 10.00 Å². The molecular weight excluding hydrogens is 279 g/mol. The first-order valence-corrected chi connectivity index (χ1v) is 6.69. The highest BCUT2D eigenvalue weighted by atomic mass is 32.1. The second kappa shape index (κ2) is 6.17. The van der Waals surface area contributed by atoms with Crippen LogP contribution in [-0.4, -0.2) is 12.0 Å². The van der Waals surface area contributed by atoms with Gasteiger partial charge in [-0.1, -0.05) is 0 Å². The molecule has 1 amide bonds. The van der Waals surface area contributed by atoms with E-state index in [-0.39, 0.29) is 11.7 Å². The number of hydrogen-bond acceptors (Lipinski definition) is 4. The maximum atomic E-state index is 12.8. The lowest BCUT2D eigenvalue weighted by Gasteiger charge is -2.14. The molecule has 0 spiro atoms. The number of nitrogens with zero attached hydrogens (tertiary/aromatic N) is 1. The second-order valence-electron chi connectivity index (χ2n) is 3.98. The van der Waals surface area contributed by atoms with Gasteiger partial charge in [0.25, 0.3) is 5.91 Å². The van der Waals surface area contributed by atoms with Gasteiger partial charge in [0.1, 0.15) is 22.6 Å². The summed E-state index contributed by atoms with van der Waals surface area (Å²) in [7, 11) is 0. The fourth-order valence-electron chi connectivity index (χ4n) is 1.48. The maximum Gasteiger partial charge on any atom is 0.265 e. The Bertz CT molecular complexity index is 646. The van der Waals surface area contributed by atoms with Crippen molar-refractivity contribution in [3.63, 3.8) is 0 Å². The van der Waals surface area contributed by atoms with Crippen molar-refractivity contribution in [1.29, 1.82) is 5.26 Å². The SMILES string of the molecule is C[C@@H](Oc1ccc(F)cc1)C(=O)Nc1sccc1C#N. The summed E-state index contributed by atoms with van der Waals surface area (Å²) in [4.78, 5) is 11.9. The van der Waals surface area contributed by atoms with Crippen molar-refractivity contribution in [3.05, 3.63) is 47.1 Å². The van der Waals surface area contributed by atoms with Crippen LogP contribution in [0.1, 0.15) is 12.5 Å². The summed E-state index contributed by atoms with van der Waals surface area (Å²) in [5, 5.41) is 13.7. The molecule has 2 rings (SSSR count). The number of hydrogen-bond donors (Lipinski definition) is 1. The Morgan fingerprint density at radius 2 is 2.10 bits per heavy atom. The molecule has 0 saturated carbocycles. The summed E-state index contributed by atoms with van der Waals surface area (Å²) >= 11 is 1.27. The van der Waals surface area contributed by atoms with Gasteiger partial charge in [-0.05, 0) is 42.6 Å². The van der Waals surface area contributed by atoms with Crippen molar-refractivity contribution >= 4 is 22.2 Å². The van der Waals surface area contributed by atoms with E-state index in [0.717, 1.165) is 0 Å². The van der Waals surface area contributed by atoms with Crippen LogP contribution in [0.4, 0.5) is 9.39 Å². The molecule has 0 bridgehead atoms. The third kappa shape index (κ3) is 3.33. The molecule has 0 aliphatic rings. The van der Waals surface area contributed by atoms with Gasteiger partial charge in [-0.2, -0.15) is 5.26 Å². The highest BCUT2D eigenvalue weighted by Crippen LogP contribution is 2.22. The zero-order valence-corrected chi connectivity index (χ0v) is 11.4.